The van der Waals surface area contributed by atoms with Crippen LogP contribution < -0.4 is 9.47 Å². The molecule has 2 aliphatic rings. The Labute approximate surface area is 186 Å². The summed E-state index contributed by atoms with van der Waals surface area (Å²) in [6.07, 6.45) is 0.767. The topological polar surface area (TPSA) is 97.1 Å². The van der Waals surface area contributed by atoms with Crippen molar-refractivity contribution < 1.29 is 23.0 Å². The fourth-order valence-electron chi connectivity index (χ4n) is 4.17. The van der Waals surface area contributed by atoms with Gasteiger partial charge in [-0.15, -0.1) is 0 Å². The average molecular weight is 459 g/mol. The highest BCUT2D eigenvalue weighted by Gasteiger charge is 2.30. The number of sulfonamides is 1. The number of nitrogens with zero attached hydrogens (tertiary/aromatic N) is 4. The van der Waals surface area contributed by atoms with Gasteiger partial charge in [-0.2, -0.15) is 4.31 Å². The number of hydrogen-bond donors (Lipinski definition) is 1. The van der Waals surface area contributed by atoms with E-state index in [9.17, 15) is 13.5 Å². The van der Waals surface area contributed by atoms with Crippen LogP contribution in [0.4, 0.5) is 0 Å². The molecule has 0 atom stereocenters. The van der Waals surface area contributed by atoms with Crippen LogP contribution in [0, 0.1) is 0 Å². The Hall–Kier alpha value is -2.66. The average Bonchev–Trinajstić information content (AvgIpc) is 3.00. The molecule has 170 valence electrons. The van der Waals surface area contributed by atoms with Crippen molar-refractivity contribution in [3.8, 4) is 11.5 Å². The lowest BCUT2D eigenvalue weighted by atomic mass is 10.3. The molecule has 3 heterocycles. The summed E-state index contributed by atoms with van der Waals surface area (Å²) in [6.45, 7) is 3.42. The largest absolute Gasteiger partial charge is 0.490 e. The van der Waals surface area contributed by atoms with Gasteiger partial charge in [-0.05, 0) is 24.3 Å². The van der Waals surface area contributed by atoms with Crippen molar-refractivity contribution in [3.63, 3.8) is 0 Å². The second-order valence-corrected chi connectivity index (χ2v) is 9.86. The molecule has 0 radical (unpaired) electrons. The Morgan fingerprint density at radius 1 is 0.969 bits per heavy atom. The van der Waals surface area contributed by atoms with Crippen molar-refractivity contribution in [1.82, 2.24) is 18.8 Å². The van der Waals surface area contributed by atoms with Gasteiger partial charge in [0.2, 0.25) is 10.0 Å². The van der Waals surface area contributed by atoms with Gasteiger partial charge in [0.1, 0.15) is 12.4 Å². The fraction of sp³-hybridized carbons (Fsp3) is 0.409. The minimum absolute atomic E-state index is 0.146. The summed E-state index contributed by atoms with van der Waals surface area (Å²) >= 11 is 0. The molecular weight excluding hydrogens is 432 g/mol. The summed E-state index contributed by atoms with van der Waals surface area (Å²) in [5, 5.41) is 9.72. The van der Waals surface area contributed by atoms with Gasteiger partial charge in [0.25, 0.3) is 0 Å². The van der Waals surface area contributed by atoms with Crippen LogP contribution in [0.5, 0.6) is 11.5 Å². The van der Waals surface area contributed by atoms with Crippen molar-refractivity contribution in [2.45, 2.75) is 24.6 Å². The van der Waals surface area contributed by atoms with Crippen LogP contribution in [0.3, 0.4) is 0 Å². The van der Waals surface area contributed by atoms with E-state index in [1.54, 1.807) is 18.2 Å². The Morgan fingerprint density at radius 3 is 2.50 bits per heavy atom. The number of imidazole rings is 1. The van der Waals surface area contributed by atoms with Gasteiger partial charge in [-0.25, -0.2) is 13.4 Å². The van der Waals surface area contributed by atoms with Crippen LogP contribution in [0.1, 0.15) is 12.2 Å². The summed E-state index contributed by atoms with van der Waals surface area (Å²) in [7, 11) is -3.63. The maximum Gasteiger partial charge on any atom is 0.243 e. The number of ether oxygens (including phenoxy) is 2. The number of aliphatic hydroxyl groups is 1. The smallest absolute Gasteiger partial charge is 0.243 e. The van der Waals surface area contributed by atoms with E-state index >= 15 is 0 Å². The van der Waals surface area contributed by atoms with Crippen LogP contribution in [-0.4, -0.2) is 71.7 Å². The van der Waals surface area contributed by atoms with Crippen LogP contribution in [0.2, 0.25) is 0 Å². The second kappa shape index (κ2) is 8.70. The highest BCUT2D eigenvalue weighted by atomic mass is 32.2. The SMILES string of the molecule is O=S(=O)(c1ccc2c(c1)OCCCO2)N1CCN(Cn2c(CO)nc3ccccc32)CC1. The van der Waals surface area contributed by atoms with E-state index in [4.69, 9.17) is 9.47 Å². The predicted octanol–water partition coefficient (Wildman–Crippen LogP) is 1.65. The summed E-state index contributed by atoms with van der Waals surface area (Å²) in [5.74, 6) is 1.66. The van der Waals surface area contributed by atoms with Gasteiger partial charge in [0, 0.05) is 38.7 Å². The first-order chi connectivity index (χ1) is 15.6. The highest BCUT2D eigenvalue weighted by Crippen LogP contribution is 2.33. The first-order valence-electron chi connectivity index (χ1n) is 10.7. The number of aromatic nitrogens is 2. The van der Waals surface area contributed by atoms with Gasteiger partial charge in [-0.3, -0.25) is 4.90 Å². The van der Waals surface area contributed by atoms with E-state index in [0.717, 1.165) is 17.5 Å². The minimum atomic E-state index is -3.63. The number of para-hydroxylation sites is 2. The summed E-state index contributed by atoms with van der Waals surface area (Å²) < 4.78 is 41.2. The molecule has 0 spiro atoms. The Balaban J connectivity index is 1.29. The normalized spacial score (nSPS) is 18.0. The van der Waals surface area contributed by atoms with E-state index in [1.807, 2.05) is 28.8 Å². The first-order valence-corrected chi connectivity index (χ1v) is 12.2. The summed E-state index contributed by atoms with van der Waals surface area (Å²) in [6, 6.07) is 12.6. The number of benzene rings is 2. The van der Waals surface area contributed by atoms with E-state index in [2.05, 4.69) is 9.88 Å². The number of aliphatic hydroxyl groups excluding tert-OH is 1. The maximum atomic E-state index is 13.2. The number of rotatable bonds is 5. The van der Waals surface area contributed by atoms with Crippen LogP contribution in [0.25, 0.3) is 11.0 Å². The Morgan fingerprint density at radius 2 is 1.72 bits per heavy atom. The highest BCUT2D eigenvalue weighted by molar-refractivity contribution is 7.89. The lowest BCUT2D eigenvalue weighted by molar-refractivity contribution is 0.148. The zero-order valence-electron chi connectivity index (χ0n) is 17.7. The predicted molar refractivity (Wildman–Crippen MR) is 118 cm³/mol. The van der Waals surface area contributed by atoms with Crippen molar-refractivity contribution in [1.29, 1.82) is 0 Å². The quantitative estimate of drug-likeness (QED) is 0.621. The standard InChI is InChI=1S/C22H26N4O5S/c27-15-22-23-18-4-1-2-5-19(18)26(22)16-24-8-10-25(11-9-24)32(28,29)17-6-7-20-21(14-17)31-13-3-12-30-20/h1-2,4-7,14,27H,3,8-13,15-16H2. The van der Waals surface area contributed by atoms with Crippen LogP contribution in [0.15, 0.2) is 47.4 Å². The molecule has 0 bridgehead atoms. The van der Waals surface area contributed by atoms with E-state index < -0.39 is 10.0 Å². The zero-order valence-corrected chi connectivity index (χ0v) is 18.5. The molecule has 1 saturated heterocycles. The third kappa shape index (κ3) is 3.95. The lowest BCUT2D eigenvalue weighted by Gasteiger charge is -2.34. The molecule has 0 unspecified atom stereocenters. The number of fused-ring (bicyclic) bond motifs is 2. The molecule has 2 aromatic carbocycles. The molecule has 9 nitrogen and oxygen atoms in total. The molecule has 2 aliphatic heterocycles. The second-order valence-electron chi connectivity index (χ2n) is 7.93. The molecule has 5 rings (SSSR count). The minimum Gasteiger partial charge on any atom is -0.490 e. The first kappa shape index (κ1) is 21.2. The summed E-state index contributed by atoms with van der Waals surface area (Å²) in [5.41, 5.74) is 1.80. The molecule has 0 amide bonds. The molecule has 1 fully saturated rings. The lowest BCUT2D eigenvalue weighted by Crippen LogP contribution is -2.48. The molecule has 0 saturated carbocycles. The van der Waals surface area contributed by atoms with Crippen molar-refractivity contribution >= 4 is 21.1 Å². The van der Waals surface area contributed by atoms with Gasteiger partial charge >= 0.3 is 0 Å². The molecule has 1 N–H and O–H groups in total. The molecule has 10 heteroatoms. The van der Waals surface area contributed by atoms with Crippen LogP contribution in [-0.2, 0) is 23.3 Å². The molecule has 1 aromatic heterocycles. The maximum absolute atomic E-state index is 13.2. The van der Waals surface area contributed by atoms with Crippen molar-refractivity contribution in [2.24, 2.45) is 0 Å². The number of piperazine rings is 1. The summed E-state index contributed by atoms with van der Waals surface area (Å²) in [4.78, 5) is 6.88. The van der Waals surface area contributed by atoms with E-state index in [1.165, 1.54) is 4.31 Å². The monoisotopic (exact) mass is 458 g/mol. The third-order valence-corrected chi connectivity index (χ3v) is 7.80. The zero-order chi connectivity index (χ0) is 22.1. The molecule has 32 heavy (non-hydrogen) atoms. The Kier molecular flexibility index (Phi) is 5.76. The van der Waals surface area contributed by atoms with Crippen molar-refractivity contribution in [2.75, 3.05) is 39.4 Å². The van der Waals surface area contributed by atoms with Crippen molar-refractivity contribution in [3.05, 3.63) is 48.3 Å². The Bertz CT molecular complexity index is 1220. The van der Waals surface area contributed by atoms with Gasteiger partial charge < -0.3 is 19.1 Å². The molecule has 3 aromatic rings. The fourth-order valence-corrected chi connectivity index (χ4v) is 5.61. The van der Waals surface area contributed by atoms with Crippen LogP contribution >= 0.6 is 0 Å². The van der Waals surface area contributed by atoms with E-state index in [0.29, 0.717) is 63.4 Å². The van der Waals surface area contributed by atoms with Gasteiger partial charge in [0.15, 0.2) is 11.5 Å². The molecule has 0 aliphatic carbocycles. The van der Waals surface area contributed by atoms with Gasteiger partial charge in [-0.1, -0.05) is 12.1 Å². The third-order valence-electron chi connectivity index (χ3n) is 5.90. The van der Waals surface area contributed by atoms with Gasteiger partial charge in [0.05, 0.1) is 35.8 Å². The van der Waals surface area contributed by atoms with E-state index in [-0.39, 0.29) is 11.5 Å². The molecular formula is C22H26N4O5S. The number of hydrogen-bond acceptors (Lipinski definition) is 7.